The van der Waals surface area contributed by atoms with E-state index in [1.165, 1.54) is 44.1 Å². The number of carbonyl (C=O) groups is 1. The van der Waals surface area contributed by atoms with E-state index in [-0.39, 0.29) is 6.42 Å². The number of hydrogen-bond acceptors (Lipinski definition) is 2. The molecule has 2 aromatic carbocycles. The summed E-state index contributed by atoms with van der Waals surface area (Å²) in [5, 5.41) is 19.4. The summed E-state index contributed by atoms with van der Waals surface area (Å²) in [5.74, 6) is 2.36. The summed E-state index contributed by atoms with van der Waals surface area (Å²) in [4.78, 5) is 10.8. The molecule has 0 aromatic heterocycles. The van der Waals surface area contributed by atoms with Crippen LogP contribution in [-0.2, 0) is 23.1 Å². The third kappa shape index (κ3) is 3.68. The van der Waals surface area contributed by atoms with Crippen LogP contribution in [0.5, 0.6) is 5.75 Å². The summed E-state index contributed by atoms with van der Waals surface area (Å²) < 4.78 is 0. The molecule has 4 aliphatic rings. The highest BCUT2D eigenvalue weighted by atomic mass is 16.4. The minimum atomic E-state index is -0.763. The second-order valence-corrected chi connectivity index (χ2v) is 9.93. The van der Waals surface area contributed by atoms with Gasteiger partial charge in [0.25, 0.3) is 0 Å². The van der Waals surface area contributed by atoms with Crippen LogP contribution in [-0.4, -0.2) is 16.2 Å². The first-order valence-electron chi connectivity index (χ1n) is 11.1. The van der Waals surface area contributed by atoms with Gasteiger partial charge in [-0.05, 0) is 96.4 Å². The number of carboxylic acid groups (broad SMARTS) is 1. The molecule has 6 rings (SSSR count). The lowest BCUT2D eigenvalue weighted by molar-refractivity contribution is -0.136. The number of hydrogen-bond donors (Lipinski definition) is 2. The van der Waals surface area contributed by atoms with Crippen molar-refractivity contribution in [1.82, 2.24) is 0 Å². The molecule has 3 nitrogen and oxygen atoms in total. The van der Waals surface area contributed by atoms with Gasteiger partial charge in [0.05, 0.1) is 0 Å². The molecule has 4 bridgehead atoms. The molecule has 0 amide bonds. The van der Waals surface area contributed by atoms with Gasteiger partial charge in [0, 0.05) is 12.8 Å². The quantitative estimate of drug-likeness (QED) is 0.688. The van der Waals surface area contributed by atoms with Gasteiger partial charge in [-0.3, -0.25) is 4.79 Å². The molecule has 152 valence electrons. The molecular formula is C26H30O3. The molecule has 0 radical (unpaired) electrons. The summed E-state index contributed by atoms with van der Waals surface area (Å²) >= 11 is 0. The largest absolute Gasteiger partial charge is 0.508 e. The first-order valence-corrected chi connectivity index (χ1v) is 11.1. The van der Waals surface area contributed by atoms with Crippen molar-refractivity contribution in [3.63, 3.8) is 0 Å². The average molecular weight is 391 g/mol. The van der Waals surface area contributed by atoms with E-state index in [2.05, 4.69) is 24.3 Å². The third-order valence-corrected chi connectivity index (χ3v) is 7.78. The molecule has 2 aromatic rings. The molecule has 3 heteroatoms. The van der Waals surface area contributed by atoms with Crippen molar-refractivity contribution < 1.29 is 15.0 Å². The maximum Gasteiger partial charge on any atom is 0.303 e. The van der Waals surface area contributed by atoms with E-state index in [9.17, 15) is 9.90 Å². The Balaban J connectivity index is 1.36. The number of benzene rings is 2. The highest BCUT2D eigenvalue weighted by molar-refractivity contribution is 5.67. The predicted octanol–water partition coefficient (Wildman–Crippen LogP) is 5.47. The first-order chi connectivity index (χ1) is 14.0. The molecule has 4 fully saturated rings. The molecule has 4 aliphatic carbocycles. The van der Waals surface area contributed by atoms with Crippen molar-refractivity contribution in [1.29, 1.82) is 0 Å². The molecule has 4 saturated carbocycles. The normalized spacial score (nSPS) is 29.9. The van der Waals surface area contributed by atoms with Crippen LogP contribution in [0.25, 0.3) is 0 Å². The second-order valence-electron chi connectivity index (χ2n) is 9.93. The monoisotopic (exact) mass is 390 g/mol. The number of phenols is 1. The summed E-state index contributed by atoms with van der Waals surface area (Å²) in [5.41, 5.74) is 5.00. The minimum Gasteiger partial charge on any atom is -0.508 e. The number of aryl methyl sites for hydroxylation is 1. The summed E-state index contributed by atoms with van der Waals surface area (Å²) in [6.07, 6.45) is 9.76. The van der Waals surface area contributed by atoms with Gasteiger partial charge in [-0.15, -0.1) is 0 Å². The van der Waals surface area contributed by atoms with Crippen molar-refractivity contribution in [3.05, 3.63) is 64.7 Å². The van der Waals surface area contributed by atoms with Gasteiger partial charge in [-0.1, -0.05) is 36.4 Å². The number of carboxylic acids is 1. The fourth-order valence-electron chi connectivity index (χ4n) is 6.82. The number of rotatable bonds is 6. The lowest BCUT2D eigenvalue weighted by atomic mass is 9.48. The SMILES string of the molecule is O=C(O)CCc1ccc(Cc2cc(C34CC5CC(CC(C5)C3)C4)ccc2O)cc1. The van der Waals surface area contributed by atoms with Crippen LogP contribution in [0.1, 0.15) is 67.2 Å². The Morgan fingerprint density at radius 2 is 1.48 bits per heavy atom. The topological polar surface area (TPSA) is 57.5 Å². The molecule has 0 aliphatic heterocycles. The Labute approximate surface area is 172 Å². The molecule has 2 N–H and O–H groups in total. The Hall–Kier alpha value is -2.29. The third-order valence-electron chi connectivity index (χ3n) is 7.78. The highest BCUT2D eigenvalue weighted by Crippen LogP contribution is 2.60. The summed E-state index contributed by atoms with van der Waals surface area (Å²) in [7, 11) is 0. The van der Waals surface area contributed by atoms with Crippen molar-refractivity contribution in [2.45, 2.75) is 63.2 Å². The van der Waals surface area contributed by atoms with E-state index in [0.717, 1.165) is 34.4 Å². The van der Waals surface area contributed by atoms with Crippen LogP contribution in [0.2, 0.25) is 0 Å². The Kier molecular flexibility index (Phi) is 4.64. The average Bonchev–Trinajstić information content (AvgIpc) is 2.68. The molecule has 0 saturated heterocycles. The van der Waals surface area contributed by atoms with Crippen molar-refractivity contribution >= 4 is 5.97 Å². The summed E-state index contributed by atoms with van der Waals surface area (Å²) in [6, 6.07) is 14.5. The fourth-order valence-corrected chi connectivity index (χ4v) is 6.82. The van der Waals surface area contributed by atoms with Gasteiger partial charge in [-0.2, -0.15) is 0 Å². The lowest BCUT2D eigenvalue weighted by Gasteiger charge is -2.57. The molecule has 29 heavy (non-hydrogen) atoms. The van der Waals surface area contributed by atoms with Gasteiger partial charge >= 0.3 is 5.97 Å². The predicted molar refractivity (Wildman–Crippen MR) is 113 cm³/mol. The van der Waals surface area contributed by atoms with Crippen LogP contribution < -0.4 is 0 Å². The zero-order valence-electron chi connectivity index (χ0n) is 16.9. The van der Waals surface area contributed by atoms with Crippen LogP contribution in [0.4, 0.5) is 0 Å². The summed E-state index contributed by atoms with van der Waals surface area (Å²) in [6.45, 7) is 0. The van der Waals surface area contributed by atoms with Crippen molar-refractivity contribution in [3.8, 4) is 5.75 Å². The fraction of sp³-hybridized carbons (Fsp3) is 0.500. The zero-order valence-corrected chi connectivity index (χ0v) is 16.9. The molecule has 0 atom stereocenters. The second kappa shape index (κ2) is 7.19. The smallest absolute Gasteiger partial charge is 0.303 e. The van der Waals surface area contributed by atoms with Gasteiger partial charge in [0.2, 0.25) is 0 Å². The van der Waals surface area contributed by atoms with Gasteiger partial charge in [0.1, 0.15) is 5.75 Å². The van der Waals surface area contributed by atoms with E-state index in [4.69, 9.17) is 5.11 Å². The van der Waals surface area contributed by atoms with Crippen LogP contribution in [0.15, 0.2) is 42.5 Å². The van der Waals surface area contributed by atoms with Crippen LogP contribution in [0, 0.1) is 17.8 Å². The van der Waals surface area contributed by atoms with E-state index in [1.54, 1.807) is 0 Å². The highest BCUT2D eigenvalue weighted by Gasteiger charge is 2.51. The number of phenolic OH excluding ortho intramolecular Hbond substituents is 1. The molecule has 0 heterocycles. The number of aromatic hydroxyl groups is 1. The van der Waals surface area contributed by atoms with E-state index in [0.29, 0.717) is 24.0 Å². The Morgan fingerprint density at radius 3 is 2.07 bits per heavy atom. The molecular weight excluding hydrogens is 360 g/mol. The van der Waals surface area contributed by atoms with Gasteiger partial charge < -0.3 is 10.2 Å². The van der Waals surface area contributed by atoms with Crippen molar-refractivity contribution in [2.75, 3.05) is 0 Å². The van der Waals surface area contributed by atoms with Crippen LogP contribution >= 0.6 is 0 Å². The molecule has 0 spiro atoms. The Bertz CT molecular complexity index is 877. The molecule has 0 unspecified atom stereocenters. The minimum absolute atomic E-state index is 0.160. The van der Waals surface area contributed by atoms with Gasteiger partial charge in [-0.25, -0.2) is 0 Å². The first kappa shape index (κ1) is 18.7. The maximum atomic E-state index is 10.8. The number of aliphatic carboxylic acids is 1. The van der Waals surface area contributed by atoms with E-state index in [1.807, 2.05) is 18.2 Å². The van der Waals surface area contributed by atoms with E-state index < -0.39 is 5.97 Å². The standard InChI is InChI=1S/C26H30O3/c27-24-7-6-23(26-14-19-9-20(15-26)11-21(10-19)16-26)13-22(24)12-18-3-1-17(2-4-18)5-8-25(28)29/h1-4,6-7,13,19-21,27H,5,8-12,14-16H2,(H,28,29). The Morgan fingerprint density at radius 1 is 0.897 bits per heavy atom. The zero-order chi connectivity index (χ0) is 20.0. The lowest BCUT2D eigenvalue weighted by Crippen LogP contribution is -2.48. The van der Waals surface area contributed by atoms with E-state index >= 15 is 0 Å². The van der Waals surface area contributed by atoms with Crippen molar-refractivity contribution in [2.24, 2.45) is 17.8 Å². The maximum absolute atomic E-state index is 10.8. The van der Waals surface area contributed by atoms with Gasteiger partial charge in [0.15, 0.2) is 0 Å². The van der Waals surface area contributed by atoms with Crippen LogP contribution in [0.3, 0.4) is 0 Å².